The van der Waals surface area contributed by atoms with Crippen molar-refractivity contribution in [1.82, 2.24) is 9.80 Å². The second-order valence-corrected chi connectivity index (χ2v) is 12.0. The third-order valence-corrected chi connectivity index (χ3v) is 9.15. The fourth-order valence-electron chi connectivity index (χ4n) is 6.48. The van der Waals surface area contributed by atoms with Crippen molar-refractivity contribution in [3.8, 4) is 46.0 Å². The lowest BCUT2D eigenvalue weighted by Crippen LogP contribution is -2.34. The summed E-state index contributed by atoms with van der Waals surface area (Å²) >= 11 is 0. The number of likely N-dealkylation sites (N-methyl/N-ethyl adjacent to an activating group) is 2. The van der Waals surface area contributed by atoms with E-state index in [0.29, 0.717) is 76.5 Å². The lowest BCUT2D eigenvalue weighted by atomic mass is 9.87. The third kappa shape index (κ3) is 6.23. The van der Waals surface area contributed by atoms with Crippen LogP contribution in [0.1, 0.15) is 49.0 Å². The van der Waals surface area contributed by atoms with Gasteiger partial charge in [0.05, 0.1) is 28.4 Å². The number of amides is 1. The standard InChI is InChI=1S/C38H40N2O8/c1-39-15-14-26-20-34(45-5)36(46-6)37(48-33-19-25-13-16-40(2)38(42)28(25)21-31(33)44-4)35(26)29(39)17-24-9-12-30(43-3)32(18-24)47-27-10-7-23(22-41)8-11-27/h7-12,18-22,29H,13-17H2,1-6H3/t29-/m0/s1. The average molecular weight is 653 g/mol. The molecular weight excluding hydrogens is 612 g/mol. The first-order chi connectivity index (χ1) is 23.3. The van der Waals surface area contributed by atoms with Crippen LogP contribution in [0.2, 0.25) is 0 Å². The van der Waals surface area contributed by atoms with Crippen molar-refractivity contribution in [2.75, 3.05) is 55.6 Å². The molecule has 0 unspecified atom stereocenters. The molecule has 2 heterocycles. The molecule has 0 radical (unpaired) electrons. The molecule has 0 saturated heterocycles. The summed E-state index contributed by atoms with van der Waals surface area (Å²) in [6.07, 6.45) is 2.92. The highest BCUT2D eigenvalue weighted by molar-refractivity contribution is 5.97. The van der Waals surface area contributed by atoms with E-state index in [9.17, 15) is 9.59 Å². The van der Waals surface area contributed by atoms with Crippen LogP contribution in [0.3, 0.4) is 0 Å². The van der Waals surface area contributed by atoms with Crippen LogP contribution in [0.5, 0.6) is 46.0 Å². The number of ether oxygens (including phenoxy) is 6. The van der Waals surface area contributed by atoms with Crippen LogP contribution in [0.25, 0.3) is 0 Å². The van der Waals surface area contributed by atoms with E-state index in [0.717, 1.165) is 41.5 Å². The number of rotatable bonds is 11. The van der Waals surface area contributed by atoms with Crippen LogP contribution in [-0.2, 0) is 19.3 Å². The topological polar surface area (TPSA) is 96.0 Å². The summed E-state index contributed by atoms with van der Waals surface area (Å²) in [5.74, 6) is 4.25. The van der Waals surface area contributed by atoms with Gasteiger partial charge in [-0.25, -0.2) is 0 Å². The largest absolute Gasteiger partial charge is 0.493 e. The summed E-state index contributed by atoms with van der Waals surface area (Å²) in [5.41, 5.74) is 5.20. The molecule has 4 aromatic rings. The predicted molar refractivity (Wildman–Crippen MR) is 181 cm³/mol. The quantitative estimate of drug-likeness (QED) is 0.168. The van der Waals surface area contributed by atoms with Gasteiger partial charge in [0.15, 0.2) is 34.5 Å². The lowest BCUT2D eigenvalue weighted by Gasteiger charge is -2.37. The van der Waals surface area contributed by atoms with E-state index in [4.69, 9.17) is 28.4 Å². The number of benzene rings is 4. The minimum absolute atomic E-state index is 0.0417. The Morgan fingerprint density at radius 3 is 2.08 bits per heavy atom. The highest BCUT2D eigenvalue weighted by atomic mass is 16.5. The SMILES string of the molecule is COc1ccc(C[C@H]2c3c(cc(OC)c(OC)c3Oc3cc4c(cc3OC)C(=O)N(C)CC4)CCN2C)cc1Oc1ccc(C=O)cc1. The fourth-order valence-corrected chi connectivity index (χ4v) is 6.48. The highest BCUT2D eigenvalue weighted by Gasteiger charge is 2.34. The Labute approximate surface area is 280 Å². The van der Waals surface area contributed by atoms with Gasteiger partial charge in [-0.1, -0.05) is 6.07 Å². The molecule has 2 aliphatic heterocycles. The van der Waals surface area contributed by atoms with Gasteiger partial charge in [0.1, 0.15) is 12.0 Å². The smallest absolute Gasteiger partial charge is 0.254 e. The van der Waals surface area contributed by atoms with Crippen LogP contribution in [0.4, 0.5) is 0 Å². The maximum Gasteiger partial charge on any atom is 0.254 e. The molecule has 10 heteroatoms. The number of fused-ring (bicyclic) bond motifs is 2. The van der Waals surface area contributed by atoms with E-state index in [2.05, 4.69) is 11.9 Å². The van der Waals surface area contributed by atoms with Gasteiger partial charge in [0, 0.05) is 42.9 Å². The maximum absolute atomic E-state index is 12.9. The molecule has 0 aromatic heterocycles. The lowest BCUT2D eigenvalue weighted by molar-refractivity contribution is 0.0780. The number of carbonyl (C=O) groups is 2. The van der Waals surface area contributed by atoms with Gasteiger partial charge in [-0.05, 0) is 97.6 Å². The molecule has 0 bridgehead atoms. The first-order valence-electron chi connectivity index (χ1n) is 15.8. The second kappa shape index (κ2) is 13.9. The number of methoxy groups -OCH3 is 4. The molecule has 0 saturated carbocycles. The molecule has 250 valence electrons. The van der Waals surface area contributed by atoms with Crippen LogP contribution in [0, 0.1) is 0 Å². The Morgan fingerprint density at radius 2 is 1.40 bits per heavy atom. The molecule has 48 heavy (non-hydrogen) atoms. The van der Waals surface area contributed by atoms with E-state index in [1.807, 2.05) is 30.3 Å². The average Bonchev–Trinajstić information content (AvgIpc) is 3.11. The van der Waals surface area contributed by atoms with Crippen LogP contribution >= 0.6 is 0 Å². The number of carbonyl (C=O) groups excluding carboxylic acids is 2. The summed E-state index contributed by atoms with van der Waals surface area (Å²) in [6.45, 7) is 1.45. The summed E-state index contributed by atoms with van der Waals surface area (Å²) in [6, 6.07) is 18.4. The van der Waals surface area contributed by atoms with Crippen molar-refractivity contribution in [3.05, 3.63) is 94.0 Å². The Balaban J connectivity index is 1.41. The molecule has 1 amide bonds. The Kier molecular flexibility index (Phi) is 9.45. The van der Waals surface area contributed by atoms with E-state index in [-0.39, 0.29) is 11.9 Å². The number of aldehydes is 1. The van der Waals surface area contributed by atoms with E-state index in [1.165, 1.54) is 0 Å². The Hall–Kier alpha value is -5.22. The first-order valence-corrected chi connectivity index (χ1v) is 15.8. The van der Waals surface area contributed by atoms with Gasteiger partial charge in [-0.15, -0.1) is 0 Å². The number of hydrogen-bond donors (Lipinski definition) is 0. The third-order valence-electron chi connectivity index (χ3n) is 9.15. The van der Waals surface area contributed by atoms with Crippen molar-refractivity contribution in [2.45, 2.75) is 25.3 Å². The summed E-state index contributed by atoms with van der Waals surface area (Å²) < 4.78 is 36.2. The summed E-state index contributed by atoms with van der Waals surface area (Å²) in [7, 11) is 10.3. The molecule has 6 rings (SSSR count). The molecule has 4 aromatic carbocycles. The van der Waals surface area contributed by atoms with Crippen molar-refractivity contribution in [1.29, 1.82) is 0 Å². The highest BCUT2D eigenvalue weighted by Crippen LogP contribution is 2.51. The molecule has 10 nitrogen and oxygen atoms in total. The normalized spacial score (nSPS) is 15.7. The predicted octanol–water partition coefficient (Wildman–Crippen LogP) is 6.52. The molecule has 0 N–H and O–H groups in total. The molecule has 0 fully saturated rings. The van der Waals surface area contributed by atoms with E-state index >= 15 is 0 Å². The van der Waals surface area contributed by atoms with E-state index < -0.39 is 0 Å². The molecule has 0 spiro atoms. The van der Waals surface area contributed by atoms with Gasteiger partial charge >= 0.3 is 0 Å². The Bertz CT molecular complexity index is 1840. The van der Waals surface area contributed by atoms with Crippen molar-refractivity contribution >= 4 is 12.2 Å². The van der Waals surface area contributed by atoms with Crippen molar-refractivity contribution in [3.63, 3.8) is 0 Å². The van der Waals surface area contributed by atoms with Gasteiger partial charge in [0.25, 0.3) is 5.91 Å². The number of hydrogen-bond acceptors (Lipinski definition) is 9. The second-order valence-electron chi connectivity index (χ2n) is 12.0. The molecule has 0 aliphatic carbocycles. The zero-order valence-electron chi connectivity index (χ0n) is 28.1. The van der Waals surface area contributed by atoms with E-state index in [1.54, 1.807) is 70.7 Å². The zero-order valence-corrected chi connectivity index (χ0v) is 28.1. The molecule has 2 aliphatic rings. The van der Waals surface area contributed by atoms with Crippen molar-refractivity contribution in [2.24, 2.45) is 0 Å². The van der Waals surface area contributed by atoms with Gasteiger partial charge in [0.2, 0.25) is 5.75 Å². The van der Waals surface area contributed by atoms with Gasteiger partial charge in [-0.3, -0.25) is 14.5 Å². The number of nitrogens with zero attached hydrogens (tertiary/aromatic N) is 2. The van der Waals surface area contributed by atoms with Crippen LogP contribution in [0.15, 0.2) is 60.7 Å². The minimum Gasteiger partial charge on any atom is -0.493 e. The Morgan fingerprint density at radius 1 is 0.708 bits per heavy atom. The first kappa shape index (κ1) is 32.7. The van der Waals surface area contributed by atoms with Gasteiger partial charge in [-0.2, -0.15) is 0 Å². The van der Waals surface area contributed by atoms with Crippen molar-refractivity contribution < 1.29 is 38.0 Å². The zero-order chi connectivity index (χ0) is 33.9. The van der Waals surface area contributed by atoms with Crippen LogP contribution < -0.4 is 28.4 Å². The van der Waals surface area contributed by atoms with Crippen LogP contribution in [-0.4, -0.2) is 77.6 Å². The summed E-state index contributed by atoms with van der Waals surface area (Å²) in [5, 5.41) is 0. The molecule has 1 atom stereocenters. The summed E-state index contributed by atoms with van der Waals surface area (Å²) in [4.78, 5) is 28.1. The minimum atomic E-state index is -0.101. The monoisotopic (exact) mass is 652 g/mol. The van der Waals surface area contributed by atoms with Gasteiger partial charge < -0.3 is 33.3 Å². The maximum atomic E-state index is 12.9. The molecular formula is C38H40N2O8. The fraction of sp³-hybridized carbons (Fsp3) is 0.316.